The molecule has 0 spiro atoms. The van der Waals surface area contributed by atoms with Crippen LogP contribution in [-0.4, -0.2) is 39.4 Å². The molecule has 0 aromatic rings. The van der Waals surface area contributed by atoms with E-state index in [1.54, 1.807) is 0 Å². The molecular weight excluding hydrogens is 152 g/mol. The third-order valence-electron chi connectivity index (χ3n) is 1.57. The standard InChI is InChI=1S/C9H22N2O/c1-3-10-7-8-11-6-5-9-12-4-2/h10-11H,3-9H2,1-2H3. The van der Waals surface area contributed by atoms with E-state index in [-0.39, 0.29) is 0 Å². The van der Waals surface area contributed by atoms with Gasteiger partial charge in [-0.2, -0.15) is 0 Å². The van der Waals surface area contributed by atoms with Gasteiger partial charge in [-0.3, -0.25) is 0 Å². The highest BCUT2D eigenvalue weighted by molar-refractivity contribution is 4.50. The predicted molar refractivity (Wildman–Crippen MR) is 52.5 cm³/mol. The van der Waals surface area contributed by atoms with Gasteiger partial charge in [0.15, 0.2) is 0 Å². The van der Waals surface area contributed by atoms with Crippen molar-refractivity contribution < 1.29 is 4.74 Å². The van der Waals surface area contributed by atoms with Gasteiger partial charge >= 0.3 is 0 Å². The molecule has 0 amide bonds. The highest BCUT2D eigenvalue weighted by atomic mass is 16.5. The Bertz CT molecular complexity index is 68.9. The van der Waals surface area contributed by atoms with Crippen LogP contribution in [-0.2, 0) is 4.74 Å². The van der Waals surface area contributed by atoms with Crippen LogP contribution in [0.15, 0.2) is 0 Å². The van der Waals surface area contributed by atoms with E-state index < -0.39 is 0 Å². The van der Waals surface area contributed by atoms with Crippen molar-refractivity contribution in [2.45, 2.75) is 20.3 Å². The average molecular weight is 174 g/mol. The van der Waals surface area contributed by atoms with Crippen molar-refractivity contribution in [3.63, 3.8) is 0 Å². The maximum atomic E-state index is 5.21. The molecule has 0 saturated heterocycles. The van der Waals surface area contributed by atoms with Crippen LogP contribution >= 0.6 is 0 Å². The summed E-state index contributed by atoms with van der Waals surface area (Å²) in [6.07, 6.45) is 1.11. The van der Waals surface area contributed by atoms with Crippen molar-refractivity contribution in [2.24, 2.45) is 0 Å². The van der Waals surface area contributed by atoms with Crippen LogP contribution in [0.5, 0.6) is 0 Å². The van der Waals surface area contributed by atoms with Crippen LogP contribution in [0.2, 0.25) is 0 Å². The molecule has 0 bridgehead atoms. The highest BCUT2D eigenvalue weighted by Crippen LogP contribution is 1.78. The number of nitrogens with one attached hydrogen (secondary N) is 2. The molecule has 74 valence electrons. The van der Waals surface area contributed by atoms with Gasteiger partial charge in [0.2, 0.25) is 0 Å². The molecule has 2 N–H and O–H groups in total. The summed E-state index contributed by atoms with van der Waals surface area (Å²) in [5.41, 5.74) is 0. The van der Waals surface area contributed by atoms with E-state index in [4.69, 9.17) is 4.74 Å². The number of rotatable bonds is 9. The summed E-state index contributed by atoms with van der Waals surface area (Å²) in [5, 5.41) is 6.59. The van der Waals surface area contributed by atoms with Crippen molar-refractivity contribution >= 4 is 0 Å². The second-order valence-electron chi connectivity index (χ2n) is 2.65. The van der Waals surface area contributed by atoms with Crippen molar-refractivity contribution in [2.75, 3.05) is 39.4 Å². The minimum Gasteiger partial charge on any atom is -0.382 e. The molecule has 0 rings (SSSR count). The molecule has 0 aromatic carbocycles. The minimum atomic E-state index is 0.831. The Morgan fingerprint density at radius 2 is 1.75 bits per heavy atom. The summed E-state index contributed by atoms with van der Waals surface area (Å²) >= 11 is 0. The largest absolute Gasteiger partial charge is 0.382 e. The van der Waals surface area contributed by atoms with Gasteiger partial charge in [0.1, 0.15) is 0 Å². The summed E-state index contributed by atoms with van der Waals surface area (Å²) in [5.74, 6) is 0. The van der Waals surface area contributed by atoms with Gasteiger partial charge < -0.3 is 15.4 Å². The van der Waals surface area contributed by atoms with Gasteiger partial charge in [-0.05, 0) is 26.4 Å². The first kappa shape index (κ1) is 11.9. The van der Waals surface area contributed by atoms with Crippen molar-refractivity contribution in [3.05, 3.63) is 0 Å². The van der Waals surface area contributed by atoms with E-state index in [9.17, 15) is 0 Å². The molecule has 12 heavy (non-hydrogen) atoms. The van der Waals surface area contributed by atoms with Gasteiger partial charge in [-0.1, -0.05) is 6.92 Å². The third-order valence-corrected chi connectivity index (χ3v) is 1.57. The van der Waals surface area contributed by atoms with Crippen molar-refractivity contribution in [1.82, 2.24) is 10.6 Å². The zero-order chi connectivity index (χ0) is 9.07. The van der Waals surface area contributed by atoms with Crippen LogP contribution < -0.4 is 10.6 Å². The molecule has 3 nitrogen and oxygen atoms in total. The number of hydrogen-bond donors (Lipinski definition) is 2. The smallest absolute Gasteiger partial charge is 0.0477 e. The maximum Gasteiger partial charge on any atom is 0.0477 e. The van der Waals surface area contributed by atoms with Gasteiger partial charge in [0.05, 0.1) is 0 Å². The first-order valence-electron chi connectivity index (χ1n) is 4.91. The summed E-state index contributed by atoms with van der Waals surface area (Å²) in [7, 11) is 0. The van der Waals surface area contributed by atoms with Crippen LogP contribution in [0, 0.1) is 0 Å². The Kier molecular flexibility index (Phi) is 10.8. The van der Waals surface area contributed by atoms with E-state index in [0.717, 1.165) is 45.8 Å². The lowest BCUT2D eigenvalue weighted by atomic mass is 10.4. The van der Waals surface area contributed by atoms with Crippen LogP contribution in [0.1, 0.15) is 20.3 Å². The van der Waals surface area contributed by atoms with Gasteiger partial charge in [0, 0.05) is 26.3 Å². The number of hydrogen-bond acceptors (Lipinski definition) is 3. The summed E-state index contributed by atoms with van der Waals surface area (Å²) in [6, 6.07) is 0. The molecule has 0 heterocycles. The maximum absolute atomic E-state index is 5.21. The van der Waals surface area contributed by atoms with Crippen LogP contribution in [0.4, 0.5) is 0 Å². The topological polar surface area (TPSA) is 33.3 Å². The molecule has 0 aliphatic rings. The number of ether oxygens (including phenoxy) is 1. The Balaban J connectivity index is 2.73. The fraction of sp³-hybridized carbons (Fsp3) is 1.00. The second-order valence-corrected chi connectivity index (χ2v) is 2.65. The van der Waals surface area contributed by atoms with Crippen LogP contribution in [0.3, 0.4) is 0 Å². The lowest BCUT2D eigenvalue weighted by Crippen LogP contribution is -2.28. The Morgan fingerprint density at radius 3 is 2.42 bits per heavy atom. The quantitative estimate of drug-likeness (QED) is 0.503. The molecule has 0 aromatic heterocycles. The molecule has 0 unspecified atom stereocenters. The fourth-order valence-corrected chi connectivity index (χ4v) is 0.922. The first-order chi connectivity index (χ1) is 5.91. The SMILES string of the molecule is CCNCCNCCCOCC. The molecular formula is C9H22N2O. The summed E-state index contributed by atoms with van der Waals surface area (Å²) in [6.45, 7) is 10.1. The lowest BCUT2D eigenvalue weighted by Gasteiger charge is -2.04. The summed E-state index contributed by atoms with van der Waals surface area (Å²) in [4.78, 5) is 0. The van der Waals surface area contributed by atoms with E-state index in [1.807, 2.05) is 6.92 Å². The molecule has 3 heteroatoms. The Hall–Kier alpha value is -0.120. The average Bonchev–Trinajstić information content (AvgIpc) is 2.10. The summed E-state index contributed by atoms with van der Waals surface area (Å²) < 4.78 is 5.21. The normalized spacial score (nSPS) is 10.5. The van der Waals surface area contributed by atoms with Crippen molar-refractivity contribution in [1.29, 1.82) is 0 Å². The zero-order valence-electron chi connectivity index (χ0n) is 8.36. The van der Waals surface area contributed by atoms with E-state index >= 15 is 0 Å². The second kappa shape index (κ2) is 10.9. The van der Waals surface area contributed by atoms with Gasteiger partial charge in [-0.15, -0.1) is 0 Å². The molecule has 0 atom stereocenters. The van der Waals surface area contributed by atoms with E-state index in [1.165, 1.54) is 0 Å². The lowest BCUT2D eigenvalue weighted by molar-refractivity contribution is 0.145. The molecule has 0 radical (unpaired) electrons. The Morgan fingerprint density at radius 1 is 1.00 bits per heavy atom. The van der Waals surface area contributed by atoms with Gasteiger partial charge in [-0.25, -0.2) is 0 Å². The minimum absolute atomic E-state index is 0.831. The fourth-order valence-electron chi connectivity index (χ4n) is 0.922. The van der Waals surface area contributed by atoms with Crippen LogP contribution in [0.25, 0.3) is 0 Å². The van der Waals surface area contributed by atoms with E-state index in [2.05, 4.69) is 17.6 Å². The van der Waals surface area contributed by atoms with Crippen molar-refractivity contribution in [3.8, 4) is 0 Å². The third kappa shape index (κ3) is 9.88. The van der Waals surface area contributed by atoms with Gasteiger partial charge in [0.25, 0.3) is 0 Å². The van der Waals surface area contributed by atoms with E-state index in [0.29, 0.717) is 0 Å². The molecule has 0 fully saturated rings. The molecule has 0 aliphatic heterocycles. The number of likely N-dealkylation sites (N-methyl/N-ethyl adjacent to an activating group) is 1. The zero-order valence-corrected chi connectivity index (χ0v) is 8.36. The molecule has 0 aliphatic carbocycles. The Labute approximate surface area is 75.9 Å². The first-order valence-corrected chi connectivity index (χ1v) is 4.91. The monoisotopic (exact) mass is 174 g/mol. The molecule has 0 saturated carbocycles. The highest BCUT2D eigenvalue weighted by Gasteiger charge is 1.87. The predicted octanol–water partition coefficient (Wildman–Crippen LogP) is 0.612.